The van der Waals surface area contributed by atoms with Crippen LogP contribution in [0.3, 0.4) is 0 Å². The first-order valence-corrected chi connectivity index (χ1v) is 12.2. The van der Waals surface area contributed by atoms with Crippen molar-refractivity contribution in [1.82, 2.24) is 14.7 Å². The molecule has 4 rings (SSSR count). The van der Waals surface area contributed by atoms with Gasteiger partial charge in [-0.25, -0.2) is 0 Å². The highest BCUT2D eigenvalue weighted by atomic mass is 16.5. The lowest BCUT2D eigenvalue weighted by atomic mass is 9.86. The van der Waals surface area contributed by atoms with Gasteiger partial charge in [0.05, 0.1) is 7.11 Å². The number of nitrogens with zero attached hydrogens (tertiary/aromatic N) is 3. The third kappa shape index (κ3) is 6.79. The number of amides is 1. The molecule has 1 amide bonds. The Labute approximate surface area is 198 Å². The van der Waals surface area contributed by atoms with E-state index < -0.39 is 0 Å². The molecular formula is C27H38N4O2. The maximum Gasteiger partial charge on any atom is 0.224 e. The number of rotatable bonds is 8. The van der Waals surface area contributed by atoms with Gasteiger partial charge in [-0.2, -0.15) is 0 Å². The third-order valence-corrected chi connectivity index (χ3v) is 7.13. The van der Waals surface area contributed by atoms with Crippen molar-refractivity contribution in [3.63, 3.8) is 0 Å². The van der Waals surface area contributed by atoms with Gasteiger partial charge >= 0.3 is 0 Å². The maximum absolute atomic E-state index is 12.8. The number of benzene rings is 2. The van der Waals surface area contributed by atoms with Gasteiger partial charge in [0.15, 0.2) is 0 Å². The molecule has 2 fully saturated rings. The lowest BCUT2D eigenvalue weighted by Gasteiger charge is -2.46. The van der Waals surface area contributed by atoms with E-state index in [1.807, 2.05) is 24.3 Å². The van der Waals surface area contributed by atoms with E-state index >= 15 is 0 Å². The summed E-state index contributed by atoms with van der Waals surface area (Å²) in [6, 6.07) is 18.9. The number of likely N-dealkylation sites (N-methyl/N-ethyl adjacent to an activating group) is 1. The monoisotopic (exact) mass is 450 g/mol. The van der Waals surface area contributed by atoms with E-state index in [0.717, 1.165) is 63.7 Å². The van der Waals surface area contributed by atoms with Crippen molar-refractivity contribution in [1.29, 1.82) is 0 Å². The number of hydrogen-bond donors (Lipinski definition) is 1. The Bertz CT molecular complexity index is 883. The third-order valence-electron chi connectivity index (χ3n) is 7.13. The van der Waals surface area contributed by atoms with Crippen LogP contribution in [0.1, 0.15) is 24.8 Å². The zero-order valence-electron chi connectivity index (χ0n) is 20.1. The van der Waals surface area contributed by atoms with Crippen LogP contribution in [0.4, 0.5) is 5.69 Å². The van der Waals surface area contributed by atoms with Crippen molar-refractivity contribution >= 4 is 11.6 Å². The molecule has 0 saturated carbocycles. The number of hydrogen-bond acceptors (Lipinski definition) is 5. The Balaban J connectivity index is 1.37. The Morgan fingerprint density at radius 2 is 1.82 bits per heavy atom. The highest BCUT2D eigenvalue weighted by molar-refractivity contribution is 5.90. The first-order chi connectivity index (χ1) is 16.1. The van der Waals surface area contributed by atoms with Gasteiger partial charge in [-0.3, -0.25) is 14.6 Å². The highest BCUT2D eigenvalue weighted by Crippen LogP contribution is 2.28. The molecule has 6 heteroatoms. The van der Waals surface area contributed by atoms with Gasteiger partial charge in [0.25, 0.3) is 0 Å². The van der Waals surface area contributed by atoms with Gasteiger partial charge < -0.3 is 15.0 Å². The number of anilines is 1. The van der Waals surface area contributed by atoms with Crippen LogP contribution >= 0.6 is 0 Å². The number of piperidine rings is 1. The number of likely N-dealkylation sites (tertiary alicyclic amines) is 1. The summed E-state index contributed by atoms with van der Waals surface area (Å²) in [5.74, 6) is 1.34. The lowest BCUT2D eigenvalue weighted by molar-refractivity contribution is -0.116. The molecule has 2 aliphatic heterocycles. The maximum atomic E-state index is 12.8. The Morgan fingerprint density at radius 1 is 1.03 bits per heavy atom. The predicted octanol–water partition coefficient (Wildman–Crippen LogP) is 3.55. The molecule has 0 aromatic heterocycles. The molecule has 0 radical (unpaired) electrons. The van der Waals surface area contributed by atoms with Crippen LogP contribution < -0.4 is 10.1 Å². The van der Waals surface area contributed by atoms with E-state index in [4.69, 9.17) is 4.74 Å². The molecule has 0 aliphatic carbocycles. The first kappa shape index (κ1) is 23.7. The summed E-state index contributed by atoms with van der Waals surface area (Å²) >= 11 is 0. The quantitative estimate of drug-likeness (QED) is 0.667. The van der Waals surface area contributed by atoms with Crippen molar-refractivity contribution in [2.75, 3.05) is 58.7 Å². The van der Waals surface area contributed by atoms with Crippen LogP contribution in [0, 0.1) is 5.92 Å². The molecule has 2 atom stereocenters. The molecular weight excluding hydrogens is 412 g/mol. The number of ether oxygens (including phenoxy) is 1. The van der Waals surface area contributed by atoms with Gasteiger partial charge in [0.2, 0.25) is 5.91 Å². The van der Waals surface area contributed by atoms with Crippen molar-refractivity contribution in [2.45, 2.75) is 31.8 Å². The summed E-state index contributed by atoms with van der Waals surface area (Å²) in [5, 5.41) is 3.05. The summed E-state index contributed by atoms with van der Waals surface area (Å²) in [7, 11) is 3.85. The first-order valence-electron chi connectivity index (χ1n) is 12.2. The van der Waals surface area contributed by atoms with Crippen molar-refractivity contribution in [2.24, 2.45) is 5.92 Å². The molecule has 178 valence electrons. The summed E-state index contributed by atoms with van der Waals surface area (Å²) in [6.07, 6.45) is 2.64. The number of carbonyl (C=O) groups excluding carboxylic acids is 1. The van der Waals surface area contributed by atoms with Gasteiger partial charge in [0, 0.05) is 63.5 Å². The Kier molecular flexibility index (Phi) is 8.37. The van der Waals surface area contributed by atoms with E-state index in [0.29, 0.717) is 18.4 Å². The number of methoxy groups -OCH3 is 1. The fourth-order valence-corrected chi connectivity index (χ4v) is 5.24. The van der Waals surface area contributed by atoms with E-state index in [2.05, 4.69) is 57.4 Å². The van der Waals surface area contributed by atoms with Crippen molar-refractivity contribution < 1.29 is 9.53 Å². The topological polar surface area (TPSA) is 48.1 Å². The molecule has 1 N–H and O–H groups in total. The summed E-state index contributed by atoms with van der Waals surface area (Å²) < 4.78 is 5.28. The molecule has 33 heavy (non-hydrogen) atoms. The van der Waals surface area contributed by atoms with Crippen LogP contribution in [0.5, 0.6) is 5.75 Å². The van der Waals surface area contributed by atoms with Crippen LogP contribution in [0.15, 0.2) is 54.6 Å². The predicted molar refractivity (Wildman–Crippen MR) is 134 cm³/mol. The average Bonchev–Trinajstić information content (AvgIpc) is 2.84. The molecule has 2 aliphatic rings. The van der Waals surface area contributed by atoms with Crippen molar-refractivity contribution in [3.05, 3.63) is 60.2 Å². The molecule has 2 saturated heterocycles. The molecule has 2 aromatic carbocycles. The summed E-state index contributed by atoms with van der Waals surface area (Å²) in [5.41, 5.74) is 2.16. The normalized spacial score (nSPS) is 22.7. The van der Waals surface area contributed by atoms with Crippen LogP contribution in [-0.4, -0.2) is 80.1 Å². The number of piperazine rings is 1. The smallest absolute Gasteiger partial charge is 0.224 e. The SMILES string of the molecule is COc1cccc(NC(=O)CC[C@H]2CN(Cc3ccccc3)CC[C@H]2N2CCN(C)CC2)c1. The van der Waals surface area contributed by atoms with Gasteiger partial charge in [0.1, 0.15) is 5.75 Å². The molecule has 0 spiro atoms. The average molecular weight is 451 g/mol. The van der Waals surface area contributed by atoms with Crippen LogP contribution in [0.2, 0.25) is 0 Å². The van der Waals surface area contributed by atoms with E-state index in [9.17, 15) is 4.79 Å². The second kappa shape index (κ2) is 11.6. The second-order valence-electron chi connectivity index (χ2n) is 9.49. The Hall–Kier alpha value is -2.41. The zero-order chi connectivity index (χ0) is 23.0. The minimum atomic E-state index is 0.0839. The van der Waals surface area contributed by atoms with Crippen LogP contribution in [-0.2, 0) is 11.3 Å². The minimum Gasteiger partial charge on any atom is -0.497 e. The van der Waals surface area contributed by atoms with Gasteiger partial charge in [-0.1, -0.05) is 36.4 Å². The summed E-state index contributed by atoms with van der Waals surface area (Å²) in [4.78, 5) is 20.4. The second-order valence-corrected chi connectivity index (χ2v) is 9.49. The highest BCUT2D eigenvalue weighted by Gasteiger charge is 2.34. The number of carbonyl (C=O) groups is 1. The molecule has 2 aromatic rings. The molecule has 2 heterocycles. The van der Waals surface area contributed by atoms with E-state index in [-0.39, 0.29) is 5.91 Å². The molecule has 0 bridgehead atoms. The largest absolute Gasteiger partial charge is 0.497 e. The summed E-state index contributed by atoms with van der Waals surface area (Å²) in [6.45, 7) is 7.69. The van der Waals surface area contributed by atoms with Crippen LogP contribution in [0.25, 0.3) is 0 Å². The minimum absolute atomic E-state index is 0.0839. The van der Waals surface area contributed by atoms with E-state index in [1.165, 1.54) is 12.0 Å². The lowest BCUT2D eigenvalue weighted by Crippen LogP contribution is -2.56. The van der Waals surface area contributed by atoms with E-state index in [1.54, 1.807) is 7.11 Å². The van der Waals surface area contributed by atoms with Gasteiger partial charge in [-0.15, -0.1) is 0 Å². The molecule has 6 nitrogen and oxygen atoms in total. The van der Waals surface area contributed by atoms with Gasteiger partial charge in [-0.05, 0) is 50.0 Å². The number of nitrogens with one attached hydrogen (secondary N) is 1. The molecule has 0 unspecified atom stereocenters. The fourth-order valence-electron chi connectivity index (χ4n) is 5.24. The Morgan fingerprint density at radius 3 is 2.58 bits per heavy atom. The van der Waals surface area contributed by atoms with Crippen molar-refractivity contribution in [3.8, 4) is 5.75 Å². The fraction of sp³-hybridized carbons (Fsp3) is 0.519. The standard InChI is InChI=1S/C27H38N4O2/c1-29-15-17-31(18-16-29)26-13-14-30(20-22-7-4-3-5-8-22)21-23(26)11-12-27(32)28-24-9-6-10-25(19-24)33-2/h3-10,19,23,26H,11-18,20-21H2,1-2H3,(H,28,32)/t23-,26+/m0/s1. The zero-order valence-corrected chi connectivity index (χ0v) is 20.1.